The zero-order valence-corrected chi connectivity index (χ0v) is 12.2. The van der Waals surface area contributed by atoms with Crippen molar-refractivity contribution in [2.24, 2.45) is 0 Å². The summed E-state index contributed by atoms with van der Waals surface area (Å²) in [6, 6.07) is 8.69. The molecule has 0 bridgehead atoms. The van der Waals surface area contributed by atoms with Gasteiger partial charge in [0.25, 0.3) is 0 Å². The van der Waals surface area contributed by atoms with Crippen LogP contribution in [-0.2, 0) is 0 Å². The van der Waals surface area contributed by atoms with Gasteiger partial charge in [-0.15, -0.1) is 0 Å². The van der Waals surface area contributed by atoms with Crippen LogP contribution in [0.25, 0.3) is 0 Å². The molecule has 1 aromatic carbocycles. The predicted molar refractivity (Wildman–Crippen MR) is 78.8 cm³/mol. The number of ether oxygens (including phenoxy) is 1. The summed E-state index contributed by atoms with van der Waals surface area (Å²) in [4.78, 5) is 2.27. The molecule has 1 aromatic rings. The molecule has 3 rings (SSSR count). The van der Waals surface area contributed by atoms with Gasteiger partial charge in [0.05, 0.1) is 0 Å². The topological polar surface area (TPSA) is 12.5 Å². The van der Waals surface area contributed by atoms with Crippen molar-refractivity contribution in [3.63, 3.8) is 0 Å². The lowest BCUT2D eigenvalue weighted by molar-refractivity contribution is 0.0239. The second-order valence-corrected chi connectivity index (χ2v) is 6.41. The molecule has 0 N–H and O–H groups in total. The number of rotatable bonds is 4. The third-order valence-corrected chi connectivity index (χ3v) is 4.79. The molecule has 1 fully saturated rings. The third-order valence-electron chi connectivity index (χ3n) is 4.79. The zero-order valence-electron chi connectivity index (χ0n) is 12.2. The molecule has 104 valence electrons. The summed E-state index contributed by atoms with van der Waals surface area (Å²) in [5.74, 6) is 1.79. The number of para-hydroxylation sites is 1. The fourth-order valence-corrected chi connectivity index (χ4v) is 3.90. The lowest BCUT2D eigenvalue weighted by atomic mass is 9.71. The summed E-state index contributed by atoms with van der Waals surface area (Å²) in [7, 11) is 4.31. The normalized spacial score (nSPS) is 28.9. The summed E-state index contributed by atoms with van der Waals surface area (Å²) < 4.78 is 6.46. The van der Waals surface area contributed by atoms with Crippen LogP contribution in [0.5, 0.6) is 5.75 Å². The number of hydrogen-bond acceptors (Lipinski definition) is 2. The van der Waals surface area contributed by atoms with E-state index in [1.165, 1.54) is 44.1 Å². The number of benzene rings is 1. The SMILES string of the molecule is CN(C)CCCC12CCCCC1c1ccccc1O2. The molecule has 19 heavy (non-hydrogen) atoms. The molecule has 1 aliphatic carbocycles. The van der Waals surface area contributed by atoms with Gasteiger partial charge in [0.2, 0.25) is 0 Å². The van der Waals surface area contributed by atoms with E-state index in [1.807, 2.05) is 0 Å². The summed E-state index contributed by atoms with van der Waals surface area (Å²) in [5, 5.41) is 0. The van der Waals surface area contributed by atoms with E-state index in [0.717, 1.165) is 12.3 Å². The molecule has 2 heteroatoms. The summed E-state index contributed by atoms with van der Waals surface area (Å²) in [6.07, 6.45) is 7.66. The molecule has 1 heterocycles. The van der Waals surface area contributed by atoms with Gasteiger partial charge >= 0.3 is 0 Å². The second kappa shape index (κ2) is 5.16. The van der Waals surface area contributed by atoms with Gasteiger partial charge in [-0.1, -0.05) is 24.6 Å². The van der Waals surface area contributed by atoms with E-state index in [-0.39, 0.29) is 5.60 Å². The fourth-order valence-electron chi connectivity index (χ4n) is 3.90. The maximum Gasteiger partial charge on any atom is 0.123 e. The van der Waals surface area contributed by atoms with E-state index in [4.69, 9.17) is 4.74 Å². The van der Waals surface area contributed by atoms with Gasteiger partial charge < -0.3 is 9.64 Å². The van der Waals surface area contributed by atoms with Crippen molar-refractivity contribution in [3.05, 3.63) is 29.8 Å². The van der Waals surface area contributed by atoms with Gasteiger partial charge in [-0.05, 0) is 58.8 Å². The monoisotopic (exact) mass is 259 g/mol. The van der Waals surface area contributed by atoms with Crippen molar-refractivity contribution in [1.82, 2.24) is 4.90 Å². The first-order valence-corrected chi connectivity index (χ1v) is 7.64. The van der Waals surface area contributed by atoms with Gasteiger partial charge in [0, 0.05) is 11.5 Å². The van der Waals surface area contributed by atoms with Crippen LogP contribution in [0, 0.1) is 0 Å². The van der Waals surface area contributed by atoms with Crippen LogP contribution in [0.4, 0.5) is 0 Å². The van der Waals surface area contributed by atoms with Crippen LogP contribution in [0.2, 0.25) is 0 Å². The van der Waals surface area contributed by atoms with E-state index in [9.17, 15) is 0 Å². The molecule has 1 saturated carbocycles. The molecule has 0 radical (unpaired) electrons. The molecule has 1 aliphatic heterocycles. The Hall–Kier alpha value is -1.02. The molecule has 2 atom stereocenters. The first-order chi connectivity index (χ1) is 9.21. The molecule has 2 nitrogen and oxygen atoms in total. The molecule has 0 saturated heterocycles. The van der Waals surface area contributed by atoms with Crippen molar-refractivity contribution in [3.8, 4) is 5.75 Å². The highest BCUT2D eigenvalue weighted by Crippen LogP contribution is 2.53. The molecule has 0 aromatic heterocycles. The van der Waals surface area contributed by atoms with Gasteiger partial charge in [-0.25, -0.2) is 0 Å². The van der Waals surface area contributed by atoms with Crippen molar-refractivity contribution in [1.29, 1.82) is 0 Å². The summed E-state index contributed by atoms with van der Waals surface area (Å²) >= 11 is 0. The molecule has 2 unspecified atom stereocenters. The van der Waals surface area contributed by atoms with E-state index in [0.29, 0.717) is 5.92 Å². The number of hydrogen-bond donors (Lipinski definition) is 0. The van der Waals surface area contributed by atoms with E-state index < -0.39 is 0 Å². The van der Waals surface area contributed by atoms with Crippen LogP contribution >= 0.6 is 0 Å². The van der Waals surface area contributed by atoms with Crippen molar-refractivity contribution in [2.45, 2.75) is 50.0 Å². The van der Waals surface area contributed by atoms with Crippen LogP contribution in [0.3, 0.4) is 0 Å². The van der Waals surface area contributed by atoms with Crippen molar-refractivity contribution >= 4 is 0 Å². The largest absolute Gasteiger partial charge is 0.486 e. The van der Waals surface area contributed by atoms with Crippen LogP contribution in [-0.4, -0.2) is 31.1 Å². The first kappa shape index (κ1) is 13.0. The highest BCUT2D eigenvalue weighted by Gasteiger charge is 2.48. The lowest BCUT2D eigenvalue weighted by Gasteiger charge is -2.38. The Kier molecular flexibility index (Phi) is 3.53. The molecular formula is C17H25NO. The maximum absolute atomic E-state index is 6.46. The predicted octanol–water partition coefficient (Wildman–Crippen LogP) is 3.82. The van der Waals surface area contributed by atoms with Gasteiger partial charge in [0.15, 0.2) is 0 Å². The average molecular weight is 259 g/mol. The molecule has 2 aliphatic rings. The van der Waals surface area contributed by atoms with Crippen LogP contribution in [0.1, 0.15) is 50.0 Å². The molecule has 0 spiro atoms. The minimum Gasteiger partial charge on any atom is -0.486 e. The Balaban J connectivity index is 1.79. The Morgan fingerprint density at radius 3 is 2.95 bits per heavy atom. The number of nitrogens with zero attached hydrogens (tertiary/aromatic N) is 1. The standard InChI is InChI=1S/C17H25NO/c1-18(2)13-7-12-17-11-6-5-9-15(17)14-8-3-4-10-16(14)19-17/h3-4,8,10,15H,5-7,9,11-13H2,1-2H3. The molecule has 0 amide bonds. The van der Waals surface area contributed by atoms with E-state index in [1.54, 1.807) is 0 Å². The highest BCUT2D eigenvalue weighted by molar-refractivity contribution is 5.43. The third kappa shape index (κ3) is 2.38. The summed E-state index contributed by atoms with van der Waals surface area (Å²) in [5.41, 5.74) is 1.57. The minimum absolute atomic E-state index is 0.109. The minimum atomic E-state index is 0.109. The van der Waals surface area contributed by atoms with Crippen LogP contribution in [0.15, 0.2) is 24.3 Å². The molecular weight excluding hydrogens is 234 g/mol. The van der Waals surface area contributed by atoms with Gasteiger partial charge in [-0.3, -0.25) is 0 Å². The first-order valence-electron chi connectivity index (χ1n) is 7.64. The number of fused-ring (bicyclic) bond motifs is 3. The van der Waals surface area contributed by atoms with E-state index in [2.05, 4.69) is 43.3 Å². The Bertz CT molecular complexity index is 443. The van der Waals surface area contributed by atoms with Crippen molar-refractivity contribution < 1.29 is 4.74 Å². The summed E-state index contributed by atoms with van der Waals surface area (Å²) in [6.45, 7) is 1.16. The highest BCUT2D eigenvalue weighted by atomic mass is 16.5. The van der Waals surface area contributed by atoms with E-state index >= 15 is 0 Å². The smallest absolute Gasteiger partial charge is 0.123 e. The van der Waals surface area contributed by atoms with Crippen LogP contribution < -0.4 is 4.74 Å². The zero-order chi connectivity index (χ0) is 13.3. The Labute approximate surface area is 116 Å². The lowest BCUT2D eigenvalue weighted by Crippen LogP contribution is -2.41. The van der Waals surface area contributed by atoms with Gasteiger partial charge in [-0.2, -0.15) is 0 Å². The fraction of sp³-hybridized carbons (Fsp3) is 0.647. The quantitative estimate of drug-likeness (QED) is 0.815. The maximum atomic E-state index is 6.46. The average Bonchev–Trinajstić information content (AvgIpc) is 2.72. The Morgan fingerprint density at radius 1 is 1.26 bits per heavy atom. The second-order valence-electron chi connectivity index (χ2n) is 6.41. The van der Waals surface area contributed by atoms with Crippen molar-refractivity contribution in [2.75, 3.05) is 20.6 Å². The Morgan fingerprint density at radius 2 is 2.11 bits per heavy atom. The van der Waals surface area contributed by atoms with Gasteiger partial charge in [0.1, 0.15) is 11.4 Å².